The topological polar surface area (TPSA) is 40.5 Å². The zero-order valence-corrected chi connectivity index (χ0v) is 10.6. The van der Waals surface area contributed by atoms with E-state index in [0.29, 0.717) is 4.88 Å². The normalized spacial score (nSPS) is 16.8. The predicted octanol–water partition coefficient (Wildman–Crippen LogP) is 2.63. The first-order valence-corrected chi connectivity index (χ1v) is 7.29. The van der Waals surface area contributed by atoms with Crippen LogP contribution in [0.2, 0.25) is 0 Å². The van der Waals surface area contributed by atoms with Crippen LogP contribution in [-0.4, -0.2) is 41.4 Å². The molecular formula is C11H15NO2S2. The second-order valence-corrected chi connectivity index (χ2v) is 5.93. The Labute approximate surface area is 103 Å². The number of carboxylic acid groups (broad SMARTS) is 1. The van der Waals surface area contributed by atoms with Gasteiger partial charge in [-0.3, -0.25) is 0 Å². The van der Waals surface area contributed by atoms with Gasteiger partial charge in [-0.1, -0.05) is 0 Å². The third kappa shape index (κ3) is 3.23. The summed E-state index contributed by atoms with van der Waals surface area (Å²) in [6.45, 7) is 3.57. The first-order chi connectivity index (χ1) is 7.75. The smallest absolute Gasteiger partial charge is 0.345 e. The molecule has 0 aliphatic carbocycles. The van der Waals surface area contributed by atoms with Crippen LogP contribution in [-0.2, 0) is 0 Å². The maximum absolute atomic E-state index is 10.7. The maximum atomic E-state index is 10.7. The Morgan fingerprint density at radius 2 is 2.25 bits per heavy atom. The Bertz CT molecular complexity index is 359. The van der Waals surface area contributed by atoms with Gasteiger partial charge in [0.25, 0.3) is 0 Å². The lowest BCUT2D eigenvalue weighted by atomic mass is 10.4. The minimum Gasteiger partial charge on any atom is -0.477 e. The number of thiophene rings is 1. The monoisotopic (exact) mass is 257 g/mol. The molecule has 88 valence electrons. The van der Waals surface area contributed by atoms with Gasteiger partial charge < -0.3 is 10.0 Å². The summed E-state index contributed by atoms with van der Waals surface area (Å²) in [6, 6.07) is 1.77. The lowest BCUT2D eigenvalue weighted by Crippen LogP contribution is -2.21. The Morgan fingerprint density at radius 1 is 1.50 bits per heavy atom. The van der Waals surface area contributed by atoms with Crippen LogP contribution in [0.15, 0.2) is 16.3 Å². The lowest BCUT2D eigenvalue weighted by molar-refractivity contribution is 0.0702. The van der Waals surface area contributed by atoms with E-state index in [0.717, 1.165) is 17.2 Å². The molecule has 2 rings (SSSR count). The van der Waals surface area contributed by atoms with Crippen LogP contribution in [0.4, 0.5) is 0 Å². The highest BCUT2D eigenvalue weighted by molar-refractivity contribution is 7.99. The van der Waals surface area contributed by atoms with E-state index in [4.69, 9.17) is 5.11 Å². The van der Waals surface area contributed by atoms with Gasteiger partial charge in [-0.2, -0.15) is 0 Å². The van der Waals surface area contributed by atoms with Crippen LogP contribution < -0.4 is 0 Å². The van der Waals surface area contributed by atoms with Gasteiger partial charge in [0.05, 0.1) is 0 Å². The average Bonchev–Trinajstić information content (AvgIpc) is 2.87. The number of carbonyl (C=O) groups is 1. The minimum absolute atomic E-state index is 0.434. The molecule has 3 nitrogen and oxygen atoms in total. The van der Waals surface area contributed by atoms with E-state index in [-0.39, 0.29) is 0 Å². The molecule has 1 aliphatic heterocycles. The third-order valence-electron chi connectivity index (χ3n) is 2.66. The van der Waals surface area contributed by atoms with Gasteiger partial charge in [0.2, 0.25) is 0 Å². The molecule has 0 radical (unpaired) electrons. The van der Waals surface area contributed by atoms with Crippen LogP contribution in [0.3, 0.4) is 0 Å². The maximum Gasteiger partial charge on any atom is 0.345 e. The van der Waals surface area contributed by atoms with E-state index in [9.17, 15) is 4.79 Å². The van der Waals surface area contributed by atoms with Crippen molar-refractivity contribution in [1.29, 1.82) is 0 Å². The molecule has 0 saturated carbocycles. The molecule has 0 unspecified atom stereocenters. The number of carboxylic acids is 1. The molecule has 0 atom stereocenters. The molecule has 0 bridgehead atoms. The second kappa shape index (κ2) is 5.70. The molecule has 0 spiro atoms. The van der Waals surface area contributed by atoms with Gasteiger partial charge in [-0.05, 0) is 32.0 Å². The Kier molecular flexibility index (Phi) is 4.26. The fraction of sp³-hybridized carbons (Fsp3) is 0.545. The SMILES string of the molecule is O=C(O)c1cc(SCCN2CCCC2)cs1. The van der Waals surface area contributed by atoms with Crippen LogP contribution in [0.25, 0.3) is 0 Å². The highest BCUT2D eigenvalue weighted by atomic mass is 32.2. The highest BCUT2D eigenvalue weighted by Crippen LogP contribution is 2.25. The molecule has 1 saturated heterocycles. The summed E-state index contributed by atoms with van der Waals surface area (Å²) < 4.78 is 0. The highest BCUT2D eigenvalue weighted by Gasteiger charge is 2.11. The molecule has 1 aromatic rings. The summed E-state index contributed by atoms with van der Waals surface area (Å²) >= 11 is 3.06. The lowest BCUT2D eigenvalue weighted by Gasteiger charge is -2.13. The predicted molar refractivity (Wildman–Crippen MR) is 67.7 cm³/mol. The standard InChI is InChI=1S/C11H15NO2S2/c13-11(14)10-7-9(8-16-10)15-6-5-12-3-1-2-4-12/h7-8H,1-6H2,(H,13,14). The first kappa shape index (κ1) is 12.0. The van der Waals surface area contributed by atoms with E-state index in [1.54, 1.807) is 17.8 Å². The summed E-state index contributed by atoms with van der Waals surface area (Å²) in [5.74, 6) is 0.229. The van der Waals surface area contributed by atoms with Gasteiger partial charge in [-0.25, -0.2) is 4.79 Å². The van der Waals surface area contributed by atoms with E-state index >= 15 is 0 Å². The molecule has 0 aromatic carbocycles. The van der Waals surface area contributed by atoms with E-state index in [1.165, 1.54) is 37.3 Å². The average molecular weight is 257 g/mol. The van der Waals surface area contributed by atoms with Crippen molar-refractivity contribution in [2.24, 2.45) is 0 Å². The number of thioether (sulfide) groups is 1. The fourth-order valence-electron chi connectivity index (χ4n) is 1.81. The largest absolute Gasteiger partial charge is 0.477 e. The molecule has 2 heterocycles. The van der Waals surface area contributed by atoms with E-state index in [2.05, 4.69) is 4.90 Å². The molecule has 0 amide bonds. The third-order valence-corrected chi connectivity index (χ3v) is 4.68. The van der Waals surface area contributed by atoms with Crippen molar-refractivity contribution >= 4 is 29.1 Å². The molecule has 1 aliphatic rings. The number of hydrogen-bond acceptors (Lipinski definition) is 4. The van der Waals surface area contributed by atoms with E-state index < -0.39 is 5.97 Å². The summed E-state index contributed by atoms with van der Waals surface area (Å²) in [7, 11) is 0. The van der Waals surface area contributed by atoms with Crippen molar-refractivity contribution in [3.63, 3.8) is 0 Å². The van der Waals surface area contributed by atoms with Gasteiger partial charge in [-0.15, -0.1) is 23.1 Å². The van der Waals surface area contributed by atoms with Crippen molar-refractivity contribution in [1.82, 2.24) is 4.90 Å². The fourth-order valence-corrected chi connectivity index (χ4v) is 3.69. The molecular weight excluding hydrogens is 242 g/mol. The van der Waals surface area contributed by atoms with Gasteiger partial charge in [0.1, 0.15) is 4.88 Å². The first-order valence-electron chi connectivity index (χ1n) is 5.43. The van der Waals surface area contributed by atoms with Crippen molar-refractivity contribution in [3.8, 4) is 0 Å². The number of likely N-dealkylation sites (tertiary alicyclic amines) is 1. The number of hydrogen-bond donors (Lipinski definition) is 1. The quantitative estimate of drug-likeness (QED) is 0.823. The Morgan fingerprint density at radius 3 is 2.88 bits per heavy atom. The molecule has 5 heteroatoms. The van der Waals surface area contributed by atoms with Crippen molar-refractivity contribution in [3.05, 3.63) is 16.3 Å². The number of aromatic carboxylic acids is 1. The Hall–Kier alpha value is -0.520. The van der Waals surface area contributed by atoms with Crippen LogP contribution in [0, 0.1) is 0 Å². The van der Waals surface area contributed by atoms with Crippen LogP contribution in [0.5, 0.6) is 0 Å². The zero-order valence-electron chi connectivity index (χ0n) is 9.02. The summed E-state index contributed by atoms with van der Waals surface area (Å²) in [5.41, 5.74) is 0. The molecule has 1 aromatic heterocycles. The van der Waals surface area contributed by atoms with E-state index in [1.807, 2.05) is 5.38 Å². The molecule has 1 fully saturated rings. The second-order valence-electron chi connectivity index (χ2n) is 3.85. The number of rotatable bonds is 5. The van der Waals surface area contributed by atoms with Crippen molar-refractivity contribution in [2.45, 2.75) is 17.7 Å². The van der Waals surface area contributed by atoms with Gasteiger partial charge >= 0.3 is 5.97 Å². The van der Waals surface area contributed by atoms with Gasteiger partial charge in [0.15, 0.2) is 0 Å². The van der Waals surface area contributed by atoms with Crippen molar-refractivity contribution in [2.75, 3.05) is 25.4 Å². The molecule has 1 N–H and O–H groups in total. The van der Waals surface area contributed by atoms with Crippen molar-refractivity contribution < 1.29 is 9.90 Å². The minimum atomic E-state index is -0.823. The summed E-state index contributed by atoms with van der Waals surface area (Å²) in [6.07, 6.45) is 2.65. The van der Waals surface area contributed by atoms with Crippen LogP contribution in [0.1, 0.15) is 22.5 Å². The summed E-state index contributed by atoms with van der Waals surface area (Å²) in [4.78, 5) is 14.7. The molecule has 16 heavy (non-hydrogen) atoms. The summed E-state index contributed by atoms with van der Waals surface area (Å²) in [5, 5.41) is 10.7. The van der Waals surface area contributed by atoms with Crippen LogP contribution >= 0.6 is 23.1 Å². The Balaban J connectivity index is 1.74. The van der Waals surface area contributed by atoms with Gasteiger partial charge in [0, 0.05) is 22.6 Å². The number of nitrogens with zero attached hydrogens (tertiary/aromatic N) is 1. The zero-order chi connectivity index (χ0) is 11.4.